The van der Waals surface area contributed by atoms with E-state index in [0.29, 0.717) is 29.2 Å². The summed E-state index contributed by atoms with van der Waals surface area (Å²) in [6, 6.07) is 17.8. The van der Waals surface area contributed by atoms with Gasteiger partial charge in [0.1, 0.15) is 0 Å². The quantitative estimate of drug-likeness (QED) is 0.643. The van der Waals surface area contributed by atoms with E-state index in [1.807, 2.05) is 36.4 Å². The number of hydrogen-bond acceptors (Lipinski definition) is 3. The summed E-state index contributed by atoms with van der Waals surface area (Å²) in [5, 5.41) is 6.41. The largest absolute Gasteiger partial charge is 0.352 e. The highest BCUT2D eigenvalue weighted by Gasteiger charge is 2.09. The van der Waals surface area contributed by atoms with Gasteiger partial charge in [0.25, 0.3) is 11.8 Å². The zero-order chi connectivity index (χ0) is 19.8. The van der Waals surface area contributed by atoms with Crippen LogP contribution in [-0.2, 0) is 13.0 Å². The lowest BCUT2D eigenvalue weighted by Gasteiger charge is -2.08. The van der Waals surface area contributed by atoms with Gasteiger partial charge in [-0.25, -0.2) is 0 Å². The third-order valence-electron chi connectivity index (χ3n) is 4.22. The van der Waals surface area contributed by atoms with Gasteiger partial charge in [0.05, 0.1) is 0 Å². The number of pyridine rings is 1. The molecular formula is C22H20ClN3O2. The molecule has 2 N–H and O–H groups in total. The van der Waals surface area contributed by atoms with Gasteiger partial charge in [0, 0.05) is 41.6 Å². The first-order chi connectivity index (χ1) is 13.6. The van der Waals surface area contributed by atoms with Crippen LogP contribution in [0, 0.1) is 0 Å². The molecule has 3 aromatic rings. The molecule has 0 fully saturated rings. The van der Waals surface area contributed by atoms with Crippen LogP contribution >= 0.6 is 11.6 Å². The molecule has 1 aromatic heterocycles. The van der Waals surface area contributed by atoms with Crippen molar-refractivity contribution in [1.82, 2.24) is 15.6 Å². The van der Waals surface area contributed by atoms with E-state index in [4.69, 9.17) is 11.6 Å². The Morgan fingerprint density at radius 2 is 1.32 bits per heavy atom. The molecule has 0 radical (unpaired) electrons. The van der Waals surface area contributed by atoms with E-state index in [1.165, 1.54) is 0 Å². The molecule has 0 spiro atoms. The van der Waals surface area contributed by atoms with Crippen molar-refractivity contribution in [2.45, 2.75) is 13.0 Å². The molecule has 0 saturated carbocycles. The van der Waals surface area contributed by atoms with Crippen molar-refractivity contribution in [1.29, 1.82) is 0 Å². The Hall–Kier alpha value is -3.18. The Morgan fingerprint density at radius 1 is 0.750 bits per heavy atom. The summed E-state index contributed by atoms with van der Waals surface area (Å²) in [7, 11) is 0. The maximum atomic E-state index is 12.2. The Kier molecular flexibility index (Phi) is 6.76. The van der Waals surface area contributed by atoms with E-state index in [2.05, 4.69) is 15.6 Å². The summed E-state index contributed by atoms with van der Waals surface area (Å²) in [6.45, 7) is 0.947. The summed E-state index contributed by atoms with van der Waals surface area (Å²) in [4.78, 5) is 28.4. The van der Waals surface area contributed by atoms with Gasteiger partial charge >= 0.3 is 0 Å². The number of nitrogens with one attached hydrogen (secondary N) is 2. The fourth-order valence-corrected chi connectivity index (χ4v) is 2.76. The topological polar surface area (TPSA) is 71.1 Å². The van der Waals surface area contributed by atoms with Gasteiger partial charge in [-0.3, -0.25) is 14.6 Å². The molecular weight excluding hydrogens is 374 g/mol. The third kappa shape index (κ3) is 5.66. The second-order valence-corrected chi connectivity index (χ2v) is 6.68. The molecule has 28 heavy (non-hydrogen) atoms. The second kappa shape index (κ2) is 9.67. The van der Waals surface area contributed by atoms with Gasteiger partial charge in [0.15, 0.2) is 0 Å². The van der Waals surface area contributed by atoms with Crippen LogP contribution in [0.15, 0.2) is 73.1 Å². The van der Waals surface area contributed by atoms with Crippen LogP contribution in [-0.4, -0.2) is 23.3 Å². The lowest BCUT2D eigenvalue weighted by atomic mass is 10.1. The Morgan fingerprint density at radius 3 is 1.93 bits per heavy atom. The maximum Gasteiger partial charge on any atom is 0.251 e. The molecule has 0 bridgehead atoms. The standard InChI is InChI=1S/C22H20ClN3O2/c23-20-7-1-16(2-8-20)11-14-25-21(27)18-3-5-19(6-4-18)22(28)26-15-17-9-12-24-13-10-17/h1-10,12-13H,11,14-15H2,(H,25,27)(H,26,28). The normalized spacial score (nSPS) is 10.3. The van der Waals surface area contributed by atoms with Gasteiger partial charge in [-0.15, -0.1) is 0 Å². The molecule has 1 heterocycles. The number of benzene rings is 2. The van der Waals surface area contributed by atoms with Crippen LogP contribution in [0.4, 0.5) is 0 Å². The van der Waals surface area contributed by atoms with E-state index in [0.717, 1.165) is 17.5 Å². The molecule has 0 atom stereocenters. The minimum Gasteiger partial charge on any atom is -0.352 e. The molecule has 0 aliphatic heterocycles. The van der Waals surface area contributed by atoms with Crippen LogP contribution in [0.5, 0.6) is 0 Å². The average molecular weight is 394 g/mol. The van der Waals surface area contributed by atoms with Gasteiger partial charge in [-0.1, -0.05) is 23.7 Å². The van der Waals surface area contributed by atoms with Crippen molar-refractivity contribution >= 4 is 23.4 Å². The molecule has 2 amide bonds. The summed E-state index contributed by atoms with van der Waals surface area (Å²) >= 11 is 5.86. The summed E-state index contributed by atoms with van der Waals surface area (Å²) in [5.74, 6) is -0.357. The fraction of sp³-hybridized carbons (Fsp3) is 0.136. The first kappa shape index (κ1) is 19.6. The lowest BCUT2D eigenvalue weighted by molar-refractivity contribution is 0.0940. The first-order valence-corrected chi connectivity index (χ1v) is 9.29. The number of nitrogens with zero attached hydrogens (tertiary/aromatic N) is 1. The molecule has 0 aliphatic carbocycles. The molecule has 5 nitrogen and oxygen atoms in total. The minimum atomic E-state index is -0.188. The molecule has 3 rings (SSSR count). The first-order valence-electron chi connectivity index (χ1n) is 8.91. The predicted molar refractivity (Wildman–Crippen MR) is 109 cm³/mol. The highest BCUT2D eigenvalue weighted by atomic mass is 35.5. The van der Waals surface area contributed by atoms with Crippen LogP contribution in [0.25, 0.3) is 0 Å². The zero-order valence-electron chi connectivity index (χ0n) is 15.2. The molecule has 0 saturated heterocycles. The highest BCUT2D eigenvalue weighted by molar-refractivity contribution is 6.30. The van der Waals surface area contributed by atoms with Gasteiger partial charge in [-0.05, 0) is 66.1 Å². The van der Waals surface area contributed by atoms with E-state index in [9.17, 15) is 9.59 Å². The number of hydrogen-bond donors (Lipinski definition) is 2. The van der Waals surface area contributed by atoms with Crippen molar-refractivity contribution in [3.63, 3.8) is 0 Å². The van der Waals surface area contributed by atoms with E-state index in [-0.39, 0.29) is 11.8 Å². The SMILES string of the molecule is O=C(NCCc1ccc(Cl)cc1)c1ccc(C(=O)NCc2ccncc2)cc1. The van der Waals surface area contributed by atoms with E-state index >= 15 is 0 Å². The van der Waals surface area contributed by atoms with Gasteiger partial charge < -0.3 is 10.6 Å². The molecule has 2 aromatic carbocycles. The zero-order valence-corrected chi connectivity index (χ0v) is 15.9. The monoisotopic (exact) mass is 393 g/mol. The smallest absolute Gasteiger partial charge is 0.251 e. The van der Waals surface area contributed by atoms with Gasteiger partial charge in [-0.2, -0.15) is 0 Å². The van der Waals surface area contributed by atoms with Crippen LogP contribution in [0.2, 0.25) is 5.02 Å². The summed E-state index contributed by atoms with van der Waals surface area (Å²) in [6.07, 6.45) is 4.09. The second-order valence-electron chi connectivity index (χ2n) is 6.25. The van der Waals surface area contributed by atoms with Gasteiger partial charge in [0.2, 0.25) is 0 Å². The van der Waals surface area contributed by atoms with E-state index in [1.54, 1.807) is 36.7 Å². The number of carbonyl (C=O) groups excluding carboxylic acids is 2. The van der Waals surface area contributed by atoms with Crippen molar-refractivity contribution in [3.05, 3.63) is 100 Å². The fourth-order valence-electron chi connectivity index (χ4n) is 2.63. The lowest BCUT2D eigenvalue weighted by Crippen LogP contribution is -2.26. The molecule has 0 unspecified atom stereocenters. The minimum absolute atomic E-state index is 0.169. The average Bonchev–Trinajstić information content (AvgIpc) is 2.74. The van der Waals surface area contributed by atoms with E-state index < -0.39 is 0 Å². The Balaban J connectivity index is 1.48. The Bertz CT molecular complexity index is 926. The maximum absolute atomic E-state index is 12.2. The van der Waals surface area contributed by atoms with Crippen molar-refractivity contribution in [2.75, 3.05) is 6.54 Å². The Labute approximate surface area is 168 Å². The molecule has 142 valence electrons. The molecule has 6 heteroatoms. The predicted octanol–water partition coefficient (Wildman–Crippen LogP) is 3.64. The third-order valence-corrected chi connectivity index (χ3v) is 4.48. The number of amides is 2. The van der Waals surface area contributed by atoms with Crippen molar-refractivity contribution < 1.29 is 9.59 Å². The van der Waals surface area contributed by atoms with Crippen molar-refractivity contribution in [3.8, 4) is 0 Å². The number of aromatic nitrogens is 1. The summed E-state index contributed by atoms with van der Waals surface area (Å²) < 4.78 is 0. The number of carbonyl (C=O) groups is 2. The molecule has 0 aliphatic rings. The van der Waals surface area contributed by atoms with Crippen LogP contribution in [0.1, 0.15) is 31.8 Å². The van der Waals surface area contributed by atoms with Crippen LogP contribution in [0.3, 0.4) is 0 Å². The number of halogens is 1. The highest BCUT2D eigenvalue weighted by Crippen LogP contribution is 2.10. The van der Waals surface area contributed by atoms with Crippen LogP contribution < -0.4 is 10.6 Å². The number of rotatable bonds is 7. The summed E-state index contributed by atoms with van der Waals surface area (Å²) in [5.41, 5.74) is 3.10. The van der Waals surface area contributed by atoms with Crippen molar-refractivity contribution in [2.24, 2.45) is 0 Å².